The van der Waals surface area contributed by atoms with Crippen molar-refractivity contribution in [3.63, 3.8) is 0 Å². The van der Waals surface area contributed by atoms with Crippen molar-refractivity contribution >= 4 is 5.91 Å². The molecule has 0 radical (unpaired) electrons. The molecule has 1 heterocycles. The van der Waals surface area contributed by atoms with Crippen LogP contribution in [0.5, 0.6) is 0 Å². The van der Waals surface area contributed by atoms with Gasteiger partial charge in [0.15, 0.2) is 0 Å². The van der Waals surface area contributed by atoms with Gasteiger partial charge in [-0.15, -0.1) is 0 Å². The van der Waals surface area contributed by atoms with E-state index in [-0.39, 0.29) is 11.5 Å². The van der Waals surface area contributed by atoms with Crippen LogP contribution in [-0.4, -0.2) is 44.2 Å². The van der Waals surface area contributed by atoms with Gasteiger partial charge in [0.2, 0.25) is 0 Å². The summed E-state index contributed by atoms with van der Waals surface area (Å²) < 4.78 is 4.83. The lowest BCUT2D eigenvalue weighted by atomic mass is 10.1. The van der Waals surface area contributed by atoms with Crippen molar-refractivity contribution < 1.29 is 9.53 Å². The number of carbonyl (C=O) groups is 1. The van der Waals surface area contributed by atoms with Crippen molar-refractivity contribution in [3.8, 4) is 6.07 Å². The molecule has 1 fully saturated rings. The molecule has 0 aromatic heterocycles. The molecule has 1 rings (SSSR count). The fourth-order valence-corrected chi connectivity index (χ4v) is 1.73. The van der Waals surface area contributed by atoms with Gasteiger partial charge in [0, 0.05) is 32.9 Å². The largest absolute Gasteiger partial charge is 0.383 e. The highest BCUT2D eigenvalue weighted by Gasteiger charge is 2.12. The van der Waals surface area contributed by atoms with Crippen LogP contribution in [0.2, 0.25) is 0 Å². The first-order valence-corrected chi connectivity index (χ1v) is 5.91. The van der Waals surface area contributed by atoms with Crippen molar-refractivity contribution in [1.82, 2.24) is 10.2 Å². The van der Waals surface area contributed by atoms with Crippen molar-refractivity contribution in [1.29, 1.82) is 5.26 Å². The molecule has 1 amide bonds. The molecule has 0 saturated carbocycles. The third-order valence-electron chi connectivity index (χ3n) is 2.66. The van der Waals surface area contributed by atoms with Gasteiger partial charge in [-0.05, 0) is 19.3 Å². The van der Waals surface area contributed by atoms with E-state index < -0.39 is 0 Å². The quantitative estimate of drug-likeness (QED) is 0.433. The van der Waals surface area contributed by atoms with Crippen LogP contribution in [0.4, 0.5) is 0 Å². The first-order valence-electron chi connectivity index (χ1n) is 5.91. The van der Waals surface area contributed by atoms with E-state index in [0.717, 1.165) is 25.9 Å². The summed E-state index contributed by atoms with van der Waals surface area (Å²) in [5, 5.41) is 11.6. The molecule has 17 heavy (non-hydrogen) atoms. The van der Waals surface area contributed by atoms with Crippen LogP contribution in [0, 0.1) is 11.3 Å². The Bertz CT molecular complexity index is 314. The molecular formula is C12H19N3O2. The number of methoxy groups -OCH3 is 1. The van der Waals surface area contributed by atoms with Crippen molar-refractivity contribution in [2.75, 3.05) is 33.4 Å². The minimum absolute atomic E-state index is 0.169. The molecule has 5 heteroatoms. The predicted molar refractivity (Wildman–Crippen MR) is 64.0 cm³/mol. The number of hydrogen-bond donors (Lipinski definition) is 1. The summed E-state index contributed by atoms with van der Waals surface area (Å²) in [5.41, 5.74) is 0.169. The molecular weight excluding hydrogens is 218 g/mol. The van der Waals surface area contributed by atoms with Crippen LogP contribution in [0.25, 0.3) is 0 Å². The number of hydrogen-bond acceptors (Lipinski definition) is 4. The highest BCUT2D eigenvalue weighted by molar-refractivity contribution is 5.97. The number of ether oxygens (including phenoxy) is 1. The second kappa shape index (κ2) is 7.69. The Morgan fingerprint density at radius 1 is 1.47 bits per heavy atom. The zero-order valence-corrected chi connectivity index (χ0v) is 10.2. The smallest absolute Gasteiger partial charge is 0.263 e. The Labute approximate surface area is 102 Å². The maximum atomic E-state index is 11.6. The van der Waals surface area contributed by atoms with Crippen LogP contribution < -0.4 is 5.32 Å². The molecule has 1 saturated heterocycles. The summed E-state index contributed by atoms with van der Waals surface area (Å²) in [4.78, 5) is 13.7. The van der Waals surface area contributed by atoms with Crippen LogP contribution >= 0.6 is 0 Å². The summed E-state index contributed by atoms with van der Waals surface area (Å²) in [6.45, 7) is 2.73. The van der Waals surface area contributed by atoms with Crippen LogP contribution in [0.3, 0.4) is 0 Å². The lowest BCUT2D eigenvalue weighted by molar-refractivity contribution is -0.117. The summed E-state index contributed by atoms with van der Waals surface area (Å²) in [6.07, 6.45) is 5.15. The van der Waals surface area contributed by atoms with Crippen LogP contribution in [-0.2, 0) is 9.53 Å². The molecule has 0 aromatic carbocycles. The lowest BCUT2D eigenvalue weighted by Gasteiger charge is -2.25. The number of likely N-dealkylation sites (tertiary alicyclic amines) is 1. The van der Waals surface area contributed by atoms with Crippen LogP contribution in [0.15, 0.2) is 11.8 Å². The summed E-state index contributed by atoms with van der Waals surface area (Å²) in [5.74, 6) is -0.324. The molecule has 0 atom stereocenters. The first kappa shape index (κ1) is 13.5. The van der Waals surface area contributed by atoms with E-state index in [0.29, 0.717) is 13.2 Å². The monoisotopic (exact) mass is 237 g/mol. The second-order valence-corrected chi connectivity index (χ2v) is 4.00. The molecule has 1 aliphatic rings. The fourth-order valence-electron chi connectivity index (χ4n) is 1.73. The van der Waals surface area contributed by atoms with Crippen molar-refractivity contribution in [2.24, 2.45) is 0 Å². The van der Waals surface area contributed by atoms with Gasteiger partial charge in [-0.1, -0.05) is 0 Å². The maximum absolute atomic E-state index is 11.6. The van der Waals surface area contributed by atoms with E-state index in [9.17, 15) is 4.79 Å². The Morgan fingerprint density at radius 2 is 2.18 bits per heavy atom. The number of piperidine rings is 1. The van der Waals surface area contributed by atoms with Gasteiger partial charge < -0.3 is 15.0 Å². The Kier molecular flexibility index (Phi) is 6.12. The zero-order chi connectivity index (χ0) is 12.5. The van der Waals surface area contributed by atoms with E-state index in [4.69, 9.17) is 10.00 Å². The Balaban J connectivity index is 2.48. The average Bonchev–Trinajstić information content (AvgIpc) is 2.37. The maximum Gasteiger partial charge on any atom is 0.263 e. The number of amides is 1. The van der Waals surface area contributed by atoms with Gasteiger partial charge in [0.05, 0.1) is 6.61 Å². The van der Waals surface area contributed by atoms with Gasteiger partial charge in [-0.3, -0.25) is 4.79 Å². The molecule has 1 aliphatic heterocycles. The zero-order valence-electron chi connectivity index (χ0n) is 10.2. The van der Waals surface area contributed by atoms with E-state index in [2.05, 4.69) is 5.32 Å². The summed E-state index contributed by atoms with van der Waals surface area (Å²) >= 11 is 0. The fraction of sp³-hybridized carbons (Fsp3) is 0.667. The van der Waals surface area contributed by atoms with Crippen LogP contribution in [0.1, 0.15) is 19.3 Å². The second-order valence-electron chi connectivity index (χ2n) is 4.00. The number of rotatable bonds is 5. The highest BCUT2D eigenvalue weighted by Crippen LogP contribution is 2.10. The predicted octanol–water partition coefficient (Wildman–Crippen LogP) is 0.642. The van der Waals surface area contributed by atoms with Gasteiger partial charge in [-0.25, -0.2) is 0 Å². The van der Waals surface area contributed by atoms with E-state index in [1.807, 2.05) is 11.0 Å². The summed E-state index contributed by atoms with van der Waals surface area (Å²) in [6, 6.07) is 1.94. The van der Waals surface area contributed by atoms with E-state index >= 15 is 0 Å². The number of nitrogens with one attached hydrogen (secondary N) is 1. The number of carbonyl (C=O) groups excluding carboxylic acids is 1. The minimum atomic E-state index is -0.324. The number of nitrogens with zero attached hydrogens (tertiary/aromatic N) is 2. The van der Waals surface area contributed by atoms with Crippen molar-refractivity contribution in [3.05, 3.63) is 11.8 Å². The van der Waals surface area contributed by atoms with Crippen molar-refractivity contribution in [2.45, 2.75) is 19.3 Å². The molecule has 0 bridgehead atoms. The van der Waals surface area contributed by atoms with E-state index in [1.165, 1.54) is 6.42 Å². The van der Waals surface area contributed by atoms with Gasteiger partial charge in [-0.2, -0.15) is 5.26 Å². The molecule has 1 N–H and O–H groups in total. The molecule has 0 unspecified atom stereocenters. The normalized spacial score (nSPS) is 16.5. The van der Waals surface area contributed by atoms with Gasteiger partial charge in [0.25, 0.3) is 5.91 Å². The standard InChI is InChI=1S/C12H19N3O2/c1-17-8-5-14-12(16)11(9-13)10-15-6-3-2-4-7-15/h10H,2-8H2,1H3,(H,14,16)/b11-10-. The first-order chi connectivity index (χ1) is 8.27. The molecule has 0 aliphatic carbocycles. The third kappa shape index (κ3) is 4.87. The lowest BCUT2D eigenvalue weighted by Crippen LogP contribution is -2.30. The van der Waals surface area contributed by atoms with Gasteiger partial charge in [0.1, 0.15) is 11.6 Å². The summed E-state index contributed by atoms with van der Waals surface area (Å²) in [7, 11) is 1.57. The molecule has 0 aromatic rings. The highest BCUT2D eigenvalue weighted by atomic mass is 16.5. The Morgan fingerprint density at radius 3 is 2.76 bits per heavy atom. The number of nitriles is 1. The molecule has 0 spiro atoms. The average molecular weight is 237 g/mol. The molecule has 5 nitrogen and oxygen atoms in total. The third-order valence-corrected chi connectivity index (χ3v) is 2.66. The molecule has 94 valence electrons. The topological polar surface area (TPSA) is 65.4 Å². The SMILES string of the molecule is COCCNC(=O)/C(C#N)=C\N1CCCCC1. The van der Waals surface area contributed by atoms with E-state index in [1.54, 1.807) is 13.3 Å². The minimum Gasteiger partial charge on any atom is -0.383 e. The Hall–Kier alpha value is -1.54. The van der Waals surface area contributed by atoms with Gasteiger partial charge >= 0.3 is 0 Å².